The Bertz CT molecular complexity index is 828. The van der Waals surface area contributed by atoms with Gasteiger partial charge in [0.15, 0.2) is 0 Å². The van der Waals surface area contributed by atoms with Gasteiger partial charge >= 0.3 is 0 Å². The maximum absolute atomic E-state index is 12.1. The van der Waals surface area contributed by atoms with Crippen LogP contribution in [0.1, 0.15) is 13.8 Å². The molecule has 2 rings (SSSR count). The molecule has 0 aromatic heterocycles. The lowest BCUT2D eigenvalue weighted by atomic mass is 10.2. The van der Waals surface area contributed by atoms with Crippen molar-refractivity contribution < 1.29 is 14.6 Å². The Morgan fingerprint density at radius 2 is 2.00 bits per heavy atom. The summed E-state index contributed by atoms with van der Waals surface area (Å²) < 4.78 is 0. The first-order chi connectivity index (χ1) is 11.2. The van der Waals surface area contributed by atoms with Gasteiger partial charge in [0.05, 0.1) is 21.2 Å². The Morgan fingerprint density at radius 1 is 1.33 bits per heavy atom. The fourth-order valence-corrected chi connectivity index (χ4v) is 3.19. The lowest BCUT2D eigenvalue weighted by Crippen LogP contribution is -2.29. The van der Waals surface area contributed by atoms with Gasteiger partial charge in [0, 0.05) is 34.9 Å². The first-order valence-electron chi connectivity index (χ1n) is 6.71. The summed E-state index contributed by atoms with van der Waals surface area (Å²) in [5.41, 5.74) is 0.587. The number of carbonyl (C=O) groups excluding carboxylic acids is 1. The van der Waals surface area contributed by atoms with E-state index in [9.17, 15) is 25.0 Å². The number of nitrogens with zero attached hydrogens (tertiary/aromatic N) is 3. The lowest BCUT2D eigenvalue weighted by molar-refractivity contribution is -0.418. The van der Waals surface area contributed by atoms with E-state index in [1.165, 1.54) is 53.9 Å². The van der Waals surface area contributed by atoms with Gasteiger partial charge in [0.1, 0.15) is 0 Å². The number of allylic oxidation sites excluding steroid dienone is 3. The van der Waals surface area contributed by atoms with Gasteiger partial charge < -0.3 is 0 Å². The van der Waals surface area contributed by atoms with E-state index in [-0.39, 0.29) is 17.3 Å². The predicted octanol–water partition coefficient (Wildman–Crippen LogP) is 3.63. The molecular formula is C15H13N3O5S. The topological polar surface area (TPSA) is 107 Å². The average Bonchev–Trinajstić information content (AvgIpc) is 2.50. The highest BCUT2D eigenvalue weighted by atomic mass is 32.2. The van der Waals surface area contributed by atoms with Crippen molar-refractivity contribution >= 4 is 29.0 Å². The van der Waals surface area contributed by atoms with Gasteiger partial charge in [-0.05, 0) is 25.6 Å². The van der Waals surface area contributed by atoms with Gasteiger partial charge in [0.25, 0.3) is 11.4 Å². The van der Waals surface area contributed by atoms with Crippen LogP contribution < -0.4 is 4.90 Å². The number of benzene rings is 1. The maximum Gasteiger partial charge on any atom is 0.270 e. The molecule has 1 aromatic rings. The van der Waals surface area contributed by atoms with Gasteiger partial charge in [-0.15, -0.1) is 0 Å². The normalized spacial score (nSPS) is 13.8. The molecule has 9 heteroatoms. The summed E-state index contributed by atoms with van der Waals surface area (Å²) in [6.45, 7) is 6.40. The van der Waals surface area contributed by atoms with Crippen molar-refractivity contribution in [2.75, 3.05) is 4.90 Å². The lowest BCUT2D eigenvalue weighted by Gasteiger charge is -2.30. The summed E-state index contributed by atoms with van der Waals surface area (Å²) in [4.78, 5) is 35.1. The van der Waals surface area contributed by atoms with E-state index in [1.807, 2.05) is 0 Å². The van der Waals surface area contributed by atoms with Crippen molar-refractivity contribution in [3.8, 4) is 0 Å². The third-order valence-corrected chi connectivity index (χ3v) is 4.30. The molecule has 1 heterocycles. The second kappa shape index (κ2) is 6.67. The van der Waals surface area contributed by atoms with Gasteiger partial charge in [-0.25, -0.2) is 0 Å². The third-order valence-electron chi connectivity index (χ3n) is 3.24. The highest BCUT2D eigenvalue weighted by molar-refractivity contribution is 8.03. The van der Waals surface area contributed by atoms with E-state index in [0.29, 0.717) is 21.2 Å². The number of anilines is 1. The molecule has 0 saturated heterocycles. The summed E-state index contributed by atoms with van der Waals surface area (Å²) in [6, 6.07) is 4.20. The smallest absolute Gasteiger partial charge is 0.270 e. The molecule has 24 heavy (non-hydrogen) atoms. The van der Waals surface area contributed by atoms with Gasteiger partial charge in [-0.1, -0.05) is 11.8 Å². The van der Waals surface area contributed by atoms with E-state index < -0.39 is 9.85 Å². The number of amides is 1. The van der Waals surface area contributed by atoms with Crippen molar-refractivity contribution in [1.29, 1.82) is 0 Å². The first kappa shape index (κ1) is 17.4. The van der Waals surface area contributed by atoms with Crippen molar-refractivity contribution in [3.63, 3.8) is 0 Å². The number of nitro benzene ring substituents is 1. The largest absolute Gasteiger partial charge is 0.279 e. The van der Waals surface area contributed by atoms with Crippen molar-refractivity contribution in [1.82, 2.24) is 0 Å². The molecule has 1 aliphatic heterocycles. The van der Waals surface area contributed by atoms with Gasteiger partial charge in [0.2, 0.25) is 5.91 Å². The molecule has 1 amide bonds. The highest BCUT2D eigenvalue weighted by Gasteiger charge is 2.27. The first-order valence-corrected chi connectivity index (χ1v) is 7.53. The molecule has 0 unspecified atom stereocenters. The fraction of sp³-hybridized carbons (Fsp3) is 0.133. The fourth-order valence-electron chi connectivity index (χ4n) is 2.15. The zero-order valence-electron chi connectivity index (χ0n) is 12.9. The number of thioether (sulfide) groups is 1. The zero-order chi connectivity index (χ0) is 18.0. The van der Waals surface area contributed by atoms with E-state index in [0.717, 1.165) is 0 Å². The standard InChI is InChI=1S/C15H13N3O5S/c1-9(17(20)21)4-6-13-10(2)24-15-8-12(18(22)23)5-7-14(15)16(13)11(3)19/h4-8H,1H2,2-3H3/b6-4-. The molecule has 0 radical (unpaired) electrons. The molecule has 1 aliphatic rings. The molecule has 124 valence electrons. The minimum absolute atomic E-state index is 0.0710. The maximum atomic E-state index is 12.1. The molecule has 0 spiro atoms. The number of non-ortho nitro benzene ring substituents is 1. The minimum Gasteiger partial charge on any atom is -0.279 e. The van der Waals surface area contributed by atoms with Crippen LogP contribution in [-0.4, -0.2) is 15.8 Å². The highest BCUT2D eigenvalue weighted by Crippen LogP contribution is 2.45. The number of hydrogen-bond acceptors (Lipinski definition) is 6. The summed E-state index contributed by atoms with van der Waals surface area (Å²) >= 11 is 1.26. The second-order valence-corrected chi connectivity index (χ2v) is 6.15. The molecule has 8 nitrogen and oxygen atoms in total. The molecule has 0 N–H and O–H groups in total. The monoisotopic (exact) mass is 347 g/mol. The number of hydrogen-bond donors (Lipinski definition) is 0. The van der Waals surface area contributed by atoms with Crippen LogP contribution in [0, 0.1) is 20.2 Å². The summed E-state index contributed by atoms with van der Waals surface area (Å²) in [6.07, 6.45) is 2.66. The third kappa shape index (κ3) is 3.35. The van der Waals surface area contributed by atoms with Gasteiger partial charge in [-0.3, -0.25) is 29.9 Å². The van der Waals surface area contributed by atoms with Crippen molar-refractivity contribution in [3.05, 3.63) is 73.5 Å². The molecule has 0 bridgehead atoms. The molecule has 0 atom stereocenters. The Hall–Kier alpha value is -2.94. The SMILES string of the molecule is C=C(/C=C\C1=C(C)Sc2cc([N+](=O)[O-])ccc2N1C(C)=O)[N+](=O)[O-]. The van der Waals surface area contributed by atoms with Crippen LogP contribution in [0.25, 0.3) is 0 Å². The quantitative estimate of drug-likeness (QED) is 0.467. The Morgan fingerprint density at radius 3 is 2.54 bits per heavy atom. The molecule has 1 aromatic carbocycles. The number of nitro groups is 2. The van der Waals surface area contributed by atoms with E-state index >= 15 is 0 Å². The molecular weight excluding hydrogens is 334 g/mol. The molecule has 0 saturated carbocycles. The van der Waals surface area contributed by atoms with E-state index in [4.69, 9.17) is 0 Å². The van der Waals surface area contributed by atoms with Crippen LogP contribution in [0.3, 0.4) is 0 Å². The Kier molecular flexibility index (Phi) is 4.84. The zero-order valence-corrected chi connectivity index (χ0v) is 13.7. The van der Waals surface area contributed by atoms with Crippen molar-refractivity contribution in [2.45, 2.75) is 18.7 Å². The minimum atomic E-state index is -0.627. The second-order valence-electron chi connectivity index (χ2n) is 4.89. The van der Waals surface area contributed by atoms with Crippen LogP contribution in [0.5, 0.6) is 0 Å². The number of carbonyl (C=O) groups is 1. The Balaban J connectivity index is 2.51. The van der Waals surface area contributed by atoms with Crippen LogP contribution in [-0.2, 0) is 4.79 Å². The van der Waals surface area contributed by atoms with Crippen LogP contribution in [0.15, 0.2) is 58.1 Å². The number of fused-ring (bicyclic) bond motifs is 1. The molecule has 0 aliphatic carbocycles. The average molecular weight is 347 g/mol. The van der Waals surface area contributed by atoms with Crippen molar-refractivity contribution in [2.24, 2.45) is 0 Å². The van der Waals surface area contributed by atoms with Gasteiger partial charge in [-0.2, -0.15) is 0 Å². The predicted molar refractivity (Wildman–Crippen MR) is 90.1 cm³/mol. The van der Waals surface area contributed by atoms with Crippen LogP contribution in [0.4, 0.5) is 11.4 Å². The van der Waals surface area contributed by atoms with Crippen LogP contribution in [0.2, 0.25) is 0 Å². The number of rotatable bonds is 4. The Labute approximate surface area is 141 Å². The summed E-state index contributed by atoms with van der Waals surface area (Å²) in [5, 5.41) is 21.6. The van der Waals surface area contributed by atoms with Crippen LogP contribution >= 0.6 is 11.8 Å². The summed E-state index contributed by atoms with van der Waals surface area (Å²) in [5.74, 6) is -0.309. The molecule has 0 fully saturated rings. The van der Waals surface area contributed by atoms with E-state index in [1.54, 1.807) is 6.92 Å². The van der Waals surface area contributed by atoms with E-state index in [2.05, 4.69) is 6.58 Å². The summed E-state index contributed by atoms with van der Waals surface area (Å²) in [7, 11) is 0.